The van der Waals surface area contributed by atoms with E-state index in [9.17, 15) is 18.0 Å². The van der Waals surface area contributed by atoms with Gasteiger partial charge in [-0.05, 0) is 54.0 Å². The number of amides is 1. The van der Waals surface area contributed by atoms with Crippen LogP contribution in [0.2, 0.25) is 0 Å². The largest absolute Gasteiger partial charge is 0.573 e. The molecule has 1 aliphatic heterocycles. The summed E-state index contributed by atoms with van der Waals surface area (Å²) in [6.07, 6.45) is -2.49. The van der Waals surface area contributed by atoms with Gasteiger partial charge in [0.1, 0.15) is 0 Å². The Kier molecular flexibility index (Phi) is 5.78. The second-order valence-electron chi connectivity index (χ2n) is 8.19. The molecule has 0 fully saturated rings. The van der Waals surface area contributed by atoms with E-state index in [1.165, 1.54) is 6.07 Å². The predicted octanol–water partition coefficient (Wildman–Crippen LogP) is 5.88. The molecule has 1 aliphatic rings. The molecule has 7 heteroatoms. The molecule has 0 spiro atoms. The van der Waals surface area contributed by atoms with Crippen LogP contribution in [0.4, 0.5) is 24.5 Å². The van der Waals surface area contributed by atoms with Gasteiger partial charge in [0.15, 0.2) is 5.75 Å². The van der Waals surface area contributed by atoms with E-state index in [0.717, 1.165) is 24.0 Å². The van der Waals surface area contributed by atoms with Crippen LogP contribution in [0, 0.1) is 0 Å². The van der Waals surface area contributed by atoms with E-state index in [2.05, 4.69) is 36.1 Å². The molecule has 0 atom stereocenters. The molecule has 3 rings (SSSR count). The van der Waals surface area contributed by atoms with E-state index in [-0.39, 0.29) is 11.1 Å². The monoisotopic (exact) mass is 406 g/mol. The van der Waals surface area contributed by atoms with Crippen molar-refractivity contribution >= 4 is 17.3 Å². The van der Waals surface area contributed by atoms with Gasteiger partial charge in [0.05, 0.1) is 11.4 Å². The Morgan fingerprint density at radius 2 is 1.72 bits per heavy atom. The standard InChI is InChI=1S/C22H25F3N2O2/c1-21(2,3)16-10-7-15(8-11-16)20(28)27-17-12-9-14-6-4-5-13-26-18(14)19(17)29-22(23,24)25/h7-12,26H,4-6,13H2,1-3H3,(H,27,28). The van der Waals surface area contributed by atoms with Crippen LogP contribution in [0.3, 0.4) is 0 Å². The van der Waals surface area contributed by atoms with Crippen LogP contribution in [-0.4, -0.2) is 18.8 Å². The number of halogens is 3. The number of rotatable bonds is 3. The normalized spacial score (nSPS) is 14.4. The smallest absolute Gasteiger partial charge is 0.401 e. The first-order valence-corrected chi connectivity index (χ1v) is 9.62. The van der Waals surface area contributed by atoms with Crippen molar-refractivity contribution in [2.45, 2.75) is 51.8 Å². The van der Waals surface area contributed by atoms with Crippen molar-refractivity contribution in [1.82, 2.24) is 0 Å². The molecule has 0 aromatic heterocycles. The highest BCUT2D eigenvalue weighted by Gasteiger charge is 2.34. The van der Waals surface area contributed by atoms with Crippen molar-refractivity contribution in [2.24, 2.45) is 0 Å². The molecular formula is C22H25F3N2O2. The van der Waals surface area contributed by atoms with E-state index in [4.69, 9.17) is 0 Å². The molecule has 0 saturated carbocycles. The number of hydrogen-bond donors (Lipinski definition) is 2. The molecule has 0 saturated heterocycles. The Morgan fingerprint density at radius 3 is 2.34 bits per heavy atom. The Hall–Kier alpha value is -2.70. The van der Waals surface area contributed by atoms with Crippen molar-refractivity contribution in [2.75, 3.05) is 17.2 Å². The lowest BCUT2D eigenvalue weighted by atomic mass is 9.87. The lowest BCUT2D eigenvalue weighted by Crippen LogP contribution is -2.21. The third kappa shape index (κ3) is 5.22. The summed E-state index contributed by atoms with van der Waals surface area (Å²) in [5.41, 5.74) is 2.38. The lowest BCUT2D eigenvalue weighted by Gasteiger charge is -2.20. The third-order valence-electron chi connectivity index (χ3n) is 4.90. The van der Waals surface area contributed by atoms with Crippen LogP contribution >= 0.6 is 0 Å². The van der Waals surface area contributed by atoms with E-state index in [1.807, 2.05) is 12.1 Å². The molecule has 2 aromatic rings. The number of hydrogen-bond acceptors (Lipinski definition) is 3. The number of alkyl halides is 3. The molecule has 0 bridgehead atoms. The minimum Gasteiger partial charge on any atom is -0.401 e. The summed E-state index contributed by atoms with van der Waals surface area (Å²) in [4.78, 5) is 12.7. The Balaban J connectivity index is 1.91. The third-order valence-corrected chi connectivity index (χ3v) is 4.90. The number of carbonyl (C=O) groups excluding carboxylic acids is 1. The second kappa shape index (κ2) is 7.97. The molecule has 29 heavy (non-hydrogen) atoms. The lowest BCUT2D eigenvalue weighted by molar-refractivity contribution is -0.274. The van der Waals surface area contributed by atoms with Crippen LogP contribution in [0.5, 0.6) is 5.75 Å². The maximum atomic E-state index is 13.0. The van der Waals surface area contributed by atoms with Crippen LogP contribution < -0.4 is 15.4 Å². The Bertz CT molecular complexity index is 885. The zero-order chi connectivity index (χ0) is 21.2. The number of fused-ring (bicyclic) bond motifs is 1. The summed E-state index contributed by atoms with van der Waals surface area (Å²) in [6.45, 7) is 6.73. The van der Waals surface area contributed by atoms with Crippen LogP contribution in [0.25, 0.3) is 0 Å². The van der Waals surface area contributed by atoms with Gasteiger partial charge in [-0.15, -0.1) is 13.2 Å². The van der Waals surface area contributed by atoms with E-state index >= 15 is 0 Å². The topological polar surface area (TPSA) is 50.4 Å². The summed E-state index contributed by atoms with van der Waals surface area (Å²) in [5.74, 6) is -0.886. The highest BCUT2D eigenvalue weighted by atomic mass is 19.4. The van der Waals surface area contributed by atoms with Gasteiger partial charge >= 0.3 is 6.36 Å². The van der Waals surface area contributed by atoms with E-state index in [0.29, 0.717) is 24.2 Å². The van der Waals surface area contributed by atoms with Gasteiger partial charge in [0.25, 0.3) is 5.91 Å². The first kappa shape index (κ1) is 21.0. The minimum atomic E-state index is -4.86. The summed E-state index contributed by atoms with van der Waals surface area (Å²) >= 11 is 0. The number of nitrogens with one attached hydrogen (secondary N) is 2. The van der Waals surface area contributed by atoms with Crippen LogP contribution in [-0.2, 0) is 11.8 Å². The summed E-state index contributed by atoms with van der Waals surface area (Å²) in [5, 5.41) is 5.59. The molecule has 156 valence electrons. The highest BCUT2D eigenvalue weighted by molar-refractivity contribution is 6.05. The van der Waals surface area contributed by atoms with Gasteiger partial charge in [-0.25, -0.2) is 0 Å². The molecule has 0 radical (unpaired) electrons. The SMILES string of the molecule is CC(C)(C)c1ccc(C(=O)Nc2ccc3c(c2OC(F)(F)F)NCCCC3)cc1. The first-order chi connectivity index (χ1) is 13.5. The second-order valence-corrected chi connectivity index (χ2v) is 8.19. The van der Waals surface area contributed by atoms with E-state index in [1.54, 1.807) is 18.2 Å². The quantitative estimate of drug-likeness (QED) is 0.669. The fraction of sp³-hybridized carbons (Fsp3) is 0.409. The van der Waals surface area contributed by atoms with Crippen molar-refractivity contribution < 1.29 is 22.7 Å². The fourth-order valence-electron chi connectivity index (χ4n) is 3.32. The number of benzene rings is 2. The zero-order valence-electron chi connectivity index (χ0n) is 16.7. The zero-order valence-corrected chi connectivity index (χ0v) is 16.7. The van der Waals surface area contributed by atoms with Gasteiger partial charge < -0.3 is 15.4 Å². The Morgan fingerprint density at radius 1 is 1.03 bits per heavy atom. The molecular weight excluding hydrogens is 381 g/mol. The number of carbonyl (C=O) groups is 1. The molecule has 2 N–H and O–H groups in total. The van der Waals surface area contributed by atoms with E-state index < -0.39 is 18.0 Å². The Labute approximate surface area is 168 Å². The molecule has 4 nitrogen and oxygen atoms in total. The van der Waals surface area contributed by atoms with Crippen LogP contribution in [0.15, 0.2) is 36.4 Å². The summed E-state index contributed by atoms with van der Waals surface area (Å²) in [7, 11) is 0. The van der Waals surface area contributed by atoms with Gasteiger partial charge in [-0.1, -0.05) is 39.0 Å². The van der Waals surface area contributed by atoms with Crippen molar-refractivity contribution in [3.05, 3.63) is 53.1 Å². The number of aryl methyl sites for hydroxylation is 1. The van der Waals surface area contributed by atoms with Gasteiger partial charge in [-0.2, -0.15) is 0 Å². The molecule has 1 heterocycles. The predicted molar refractivity (Wildman–Crippen MR) is 108 cm³/mol. The average Bonchev–Trinajstić information content (AvgIpc) is 2.87. The molecule has 0 aliphatic carbocycles. The summed E-state index contributed by atoms with van der Waals surface area (Å²) in [6, 6.07) is 10.2. The maximum absolute atomic E-state index is 13.0. The van der Waals surface area contributed by atoms with Crippen molar-refractivity contribution in [1.29, 1.82) is 0 Å². The van der Waals surface area contributed by atoms with Gasteiger partial charge in [0, 0.05) is 12.1 Å². The number of anilines is 2. The first-order valence-electron chi connectivity index (χ1n) is 9.62. The van der Waals surface area contributed by atoms with Gasteiger partial charge in [0.2, 0.25) is 0 Å². The molecule has 1 amide bonds. The average molecular weight is 406 g/mol. The highest BCUT2D eigenvalue weighted by Crippen LogP contribution is 2.41. The van der Waals surface area contributed by atoms with Crippen LogP contribution in [0.1, 0.15) is 55.1 Å². The maximum Gasteiger partial charge on any atom is 0.573 e. The van der Waals surface area contributed by atoms with Crippen molar-refractivity contribution in [3.63, 3.8) is 0 Å². The van der Waals surface area contributed by atoms with Crippen molar-refractivity contribution in [3.8, 4) is 5.75 Å². The molecule has 2 aromatic carbocycles. The fourth-order valence-corrected chi connectivity index (χ4v) is 3.32. The minimum absolute atomic E-state index is 0.0135. The summed E-state index contributed by atoms with van der Waals surface area (Å²) < 4.78 is 43.5. The van der Waals surface area contributed by atoms with Gasteiger partial charge in [-0.3, -0.25) is 4.79 Å². The number of ether oxygens (including phenoxy) is 1. The molecule has 0 unspecified atom stereocenters.